The maximum atomic E-state index is 11.1. The second-order valence-corrected chi connectivity index (χ2v) is 7.64. The smallest absolute Gasteiger partial charge is 0.335 e. The number of carbonyl (C=O) groups is 1. The van der Waals surface area contributed by atoms with E-state index in [0.29, 0.717) is 35.8 Å². The molecule has 4 rings (SSSR count). The number of rotatable bonds is 8. The molecule has 3 aromatic rings. The summed E-state index contributed by atoms with van der Waals surface area (Å²) in [6.07, 6.45) is 0. The van der Waals surface area contributed by atoms with E-state index < -0.39 is 5.97 Å². The number of aromatic carboxylic acids is 1. The molecule has 0 aliphatic carbocycles. The average molecular weight is 450 g/mol. The third-order valence-corrected chi connectivity index (χ3v) is 5.23. The lowest BCUT2D eigenvalue weighted by atomic mass is 10.2. The average Bonchev–Trinajstić information content (AvgIpc) is 2.81. The summed E-state index contributed by atoms with van der Waals surface area (Å²) in [5.74, 6) is 1.74. The van der Waals surface area contributed by atoms with E-state index in [0.717, 1.165) is 31.9 Å². The molecule has 2 heterocycles. The molecular formula is C23H26N6O4. The summed E-state index contributed by atoms with van der Waals surface area (Å²) in [7, 11) is 0. The van der Waals surface area contributed by atoms with Crippen LogP contribution in [0.4, 0.5) is 17.6 Å². The van der Waals surface area contributed by atoms with Crippen molar-refractivity contribution in [2.45, 2.75) is 6.92 Å². The number of aryl methyl sites for hydroxylation is 1. The Morgan fingerprint density at radius 2 is 1.79 bits per heavy atom. The van der Waals surface area contributed by atoms with Gasteiger partial charge in [-0.05, 0) is 49.4 Å². The van der Waals surface area contributed by atoms with Crippen LogP contribution in [0.5, 0.6) is 11.5 Å². The molecule has 3 N–H and O–H groups in total. The van der Waals surface area contributed by atoms with E-state index in [1.54, 1.807) is 24.3 Å². The van der Waals surface area contributed by atoms with Gasteiger partial charge in [0, 0.05) is 38.4 Å². The molecule has 1 fully saturated rings. The van der Waals surface area contributed by atoms with Gasteiger partial charge < -0.3 is 25.2 Å². The zero-order valence-electron chi connectivity index (χ0n) is 18.3. The summed E-state index contributed by atoms with van der Waals surface area (Å²) in [4.78, 5) is 28.9. The van der Waals surface area contributed by atoms with Crippen molar-refractivity contribution in [1.29, 1.82) is 0 Å². The molecule has 1 saturated heterocycles. The summed E-state index contributed by atoms with van der Waals surface area (Å²) < 4.78 is 5.76. The first-order valence-electron chi connectivity index (χ1n) is 10.7. The normalized spacial score (nSPS) is 14.2. The quantitative estimate of drug-likeness (QED) is 0.471. The number of aliphatic hydroxyl groups excluding tert-OH is 1. The number of benzene rings is 2. The number of anilines is 3. The van der Waals surface area contributed by atoms with E-state index in [1.165, 1.54) is 12.1 Å². The fourth-order valence-corrected chi connectivity index (χ4v) is 3.54. The predicted octanol–water partition coefficient (Wildman–Crippen LogP) is 2.53. The zero-order chi connectivity index (χ0) is 23.2. The summed E-state index contributed by atoms with van der Waals surface area (Å²) in [6, 6.07) is 13.6. The molecule has 0 atom stereocenters. The summed E-state index contributed by atoms with van der Waals surface area (Å²) in [5, 5.41) is 21.4. The topological polar surface area (TPSA) is 124 Å². The zero-order valence-corrected chi connectivity index (χ0v) is 18.3. The molecule has 0 unspecified atom stereocenters. The van der Waals surface area contributed by atoms with Gasteiger partial charge in [-0.3, -0.25) is 4.90 Å². The van der Waals surface area contributed by atoms with Gasteiger partial charge in [0.15, 0.2) is 0 Å². The predicted molar refractivity (Wildman–Crippen MR) is 124 cm³/mol. The maximum Gasteiger partial charge on any atom is 0.335 e. The highest BCUT2D eigenvalue weighted by atomic mass is 16.5. The van der Waals surface area contributed by atoms with E-state index in [9.17, 15) is 4.79 Å². The number of β-amino-alcohol motifs (C(OH)–C–C–N with tert-alkyl or cyclic N) is 1. The monoisotopic (exact) mass is 450 g/mol. The van der Waals surface area contributed by atoms with Crippen LogP contribution in [0.15, 0.2) is 48.5 Å². The van der Waals surface area contributed by atoms with Crippen molar-refractivity contribution in [1.82, 2.24) is 19.9 Å². The highest BCUT2D eigenvalue weighted by molar-refractivity contribution is 5.88. The van der Waals surface area contributed by atoms with Crippen LogP contribution in [0.1, 0.15) is 16.2 Å². The van der Waals surface area contributed by atoms with Crippen LogP contribution in [0.3, 0.4) is 0 Å². The Morgan fingerprint density at radius 1 is 1.03 bits per heavy atom. The first-order valence-corrected chi connectivity index (χ1v) is 10.7. The molecule has 1 aliphatic rings. The minimum atomic E-state index is -1.00. The molecule has 33 heavy (non-hydrogen) atoms. The van der Waals surface area contributed by atoms with Crippen LogP contribution in [0, 0.1) is 6.92 Å². The second-order valence-electron chi connectivity index (χ2n) is 7.64. The number of carboxylic acid groups (broad SMARTS) is 1. The van der Waals surface area contributed by atoms with E-state index >= 15 is 0 Å². The van der Waals surface area contributed by atoms with Gasteiger partial charge in [0.25, 0.3) is 0 Å². The van der Waals surface area contributed by atoms with Crippen LogP contribution < -0.4 is 15.0 Å². The van der Waals surface area contributed by atoms with Gasteiger partial charge in [-0.1, -0.05) is 6.07 Å². The lowest BCUT2D eigenvalue weighted by Crippen LogP contribution is -2.47. The number of aliphatic hydroxyl groups is 1. The van der Waals surface area contributed by atoms with Crippen LogP contribution in [-0.4, -0.2) is 75.4 Å². The van der Waals surface area contributed by atoms with Gasteiger partial charge in [-0.25, -0.2) is 4.79 Å². The van der Waals surface area contributed by atoms with Crippen LogP contribution in [0.2, 0.25) is 0 Å². The Hall–Kier alpha value is -3.76. The van der Waals surface area contributed by atoms with Crippen LogP contribution in [0.25, 0.3) is 0 Å². The molecule has 10 nitrogen and oxygen atoms in total. The number of piperazine rings is 1. The summed E-state index contributed by atoms with van der Waals surface area (Å²) in [6.45, 7) is 5.96. The van der Waals surface area contributed by atoms with Gasteiger partial charge in [0.05, 0.1) is 12.2 Å². The Balaban J connectivity index is 1.41. The number of hydrogen-bond donors (Lipinski definition) is 3. The number of ether oxygens (including phenoxy) is 1. The van der Waals surface area contributed by atoms with Crippen molar-refractivity contribution >= 4 is 23.6 Å². The molecule has 0 bridgehead atoms. The maximum absolute atomic E-state index is 11.1. The number of nitrogens with zero attached hydrogens (tertiary/aromatic N) is 5. The summed E-state index contributed by atoms with van der Waals surface area (Å²) >= 11 is 0. The first kappa shape index (κ1) is 22.4. The van der Waals surface area contributed by atoms with Gasteiger partial charge in [-0.2, -0.15) is 15.0 Å². The molecule has 0 saturated carbocycles. The van der Waals surface area contributed by atoms with Crippen molar-refractivity contribution in [3.63, 3.8) is 0 Å². The third kappa shape index (κ3) is 5.93. The molecule has 172 valence electrons. The van der Waals surface area contributed by atoms with Gasteiger partial charge in [-0.15, -0.1) is 0 Å². The molecule has 0 radical (unpaired) electrons. The van der Waals surface area contributed by atoms with Crippen LogP contribution >= 0.6 is 0 Å². The third-order valence-electron chi connectivity index (χ3n) is 5.23. The molecule has 1 aromatic heterocycles. The molecule has 0 amide bonds. The Labute approximate surface area is 191 Å². The van der Waals surface area contributed by atoms with E-state index in [2.05, 4.69) is 30.1 Å². The fraction of sp³-hybridized carbons (Fsp3) is 0.304. The number of hydrogen-bond acceptors (Lipinski definition) is 9. The molecule has 0 spiro atoms. The highest BCUT2D eigenvalue weighted by Crippen LogP contribution is 2.25. The van der Waals surface area contributed by atoms with Crippen molar-refractivity contribution in [3.05, 3.63) is 59.9 Å². The van der Waals surface area contributed by atoms with Crippen molar-refractivity contribution < 1.29 is 19.7 Å². The van der Waals surface area contributed by atoms with Crippen LogP contribution in [-0.2, 0) is 0 Å². The van der Waals surface area contributed by atoms with E-state index in [1.807, 2.05) is 19.1 Å². The molecule has 10 heteroatoms. The minimum absolute atomic E-state index is 0.164. The molecular weight excluding hydrogens is 424 g/mol. The standard InChI is InChI=1S/C23H26N6O4/c1-16-24-22(27-23(25-16)29-11-9-28(10-12-29)13-14-30)26-18-5-7-19(8-6-18)33-20-4-2-3-17(15-20)21(31)32/h2-8,15,30H,9-14H2,1H3,(H,31,32)(H,24,25,26,27). The van der Waals surface area contributed by atoms with Gasteiger partial charge in [0.1, 0.15) is 17.3 Å². The number of nitrogens with one attached hydrogen (secondary N) is 1. The van der Waals surface area contributed by atoms with E-state index in [-0.39, 0.29) is 12.2 Å². The Bertz CT molecular complexity index is 1100. The minimum Gasteiger partial charge on any atom is -0.478 e. The van der Waals surface area contributed by atoms with Gasteiger partial charge >= 0.3 is 5.97 Å². The molecule has 1 aliphatic heterocycles. The van der Waals surface area contributed by atoms with Crippen molar-refractivity contribution in [2.75, 3.05) is 49.5 Å². The SMILES string of the molecule is Cc1nc(Nc2ccc(Oc3cccc(C(=O)O)c3)cc2)nc(N2CCN(CCO)CC2)n1. The molecule has 2 aromatic carbocycles. The van der Waals surface area contributed by atoms with Crippen molar-refractivity contribution in [2.24, 2.45) is 0 Å². The second kappa shape index (κ2) is 10.2. The lowest BCUT2D eigenvalue weighted by Gasteiger charge is -2.34. The summed E-state index contributed by atoms with van der Waals surface area (Å²) in [5.41, 5.74) is 0.951. The lowest BCUT2D eigenvalue weighted by molar-refractivity contribution is 0.0696. The number of carboxylic acids is 1. The van der Waals surface area contributed by atoms with Crippen molar-refractivity contribution in [3.8, 4) is 11.5 Å². The van der Waals surface area contributed by atoms with E-state index in [4.69, 9.17) is 14.9 Å². The highest BCUT2D eigenvalue weighted by Gasteiger charge is 2.19. The number of aromatic nitrogens is 3. The fourth-order valence-electron chi connectivity index (χ4n) is 3.54. The van der Waals surface area contributed by atoms with Gasteiger partial charge in [0.2, 0.25) is 11.9 Å². The Kier molecular flexibility index (Phi) is 6.96. The Morgan fingerprint density at radius 3 is 2.48 bits per heavy atom. The largest absolute Gasteiger partial charge is 0.478 e. The first-order chi connectivity index (χ1) is 16.0.